The smallest absolute Gasteiger partial charge is 0.269 e. The summed E-state index contributed by atoms with van der Waals surface area (Å²) in [6.07, 6.45) is 4.73. The topological polar surface area (TPSA) is 152 Å². The molecule has 140 valence electrons. The second kappa shape index (κ2) is 7.93. The van der Waals surface area contributed by atoms with Gasteiger partial charge < -0.3 is 11.1 Å². The van der Waals surface area contributed by atoms with E-state index in [2.05, 4.69) is 30.7 Å². The van der Waals surface area contributed by atoms with Gasteiger partial charge in [0.25, 0.3) is 5.91 Å². The van der Waals surface area contributed by atoms with Crippen LogP contribution < -0.4 is 21.9 Å². The lowest BCUT2D eigenvalue weighted by Gasteiger charge is -2.17. The van der Waals surface area contributed by atoms with Gasteiger partial charge in [0.05, 0.1) is 35.9 Å². The van der Waals surface area contributed by atoms with Crippen LogP contribution in [-0.2, 0) is 11.3 Å². The van der Waals surface area contributed by atoms with Crippen LogP contribution >= 0.6 is 11.3 Å². The Morgan fingerprint density at radius 1 is 1.37 bits per heavy atom. The summed E-state index contributed by atoms with van der Waals surface area (Å²) < 4.78 is 0. The van der Waals surface area contributed by atoms with Gasteiger partial charge in [-0.25, -0.2) is 5.84 Å². The highest BCUT2D eigenvalue weighted by atomic mass is 32.1. The zero-order valence-corrected chi connectivity index (χ0v) is 15.6. The van der Waals surface area contributed by atoms with Crippen LogP contribution in [0.15, 0.2) is 36.4 Å². The van der Waals surface area contributed by atoms with Gasteiger partial charge in [-0.05, 0) is 26.0 Å². The third-order valence-electron chi connectivity index (χ3n) is 3.63. The maximum absolute atomic E-state index is 12.2. The van der Waals surface area contributed by atoms with Crippen LogP contribution in [0.4, 0.5) is 5.69 Å². The van der Waals surface area contributed by atoms with Crippen LogP contribution in [0, 0.1) is 13.8 Å². The van der Waals surface area contributed by atoms with Crippen LogP contribution in [0.3, 0.4) is 0 Å². The van der Waals surface area contributed by atoms with Gasteiger partial charge in [-0.1, -0.05) is 11.3 Å². The van der Waals surface area contributed by atoms with E-state index in [1.807, 2.05) is 26.0 Å². The molecule has 0 saturated carbocycles. The highest BCUT2D eigenvalue weighted by Crippen LogP contribution is 2.22. The fourth-order valence-electron chi connectivity index (χ4n) is 2.30. The zero-order chi connectivity index (χ0) is 19.4. The standard InChI is InChI=1S/C16H19N9OS/c1-9-3-4-13(10(2)22-9)25(18)8-12(17)15(26)19-7-14-23-24-16(27-14)11-5-20-21-6-11/h3-6,8H,7,17-18H2,1-2H3,(H,19,26)(H,20,21)/b12-8-. The van der Waals surface area contributed by atoms with Crippen LogP contribution in [-0.4, -0.2) is 31.3 Å². The molecule has 6 N–H and O–H groups in total. The van der Waals surface area contributed by atoms with Gasteiger partial charge in [-0.15, -0.1) is 10.2 Å². The normalized spacial score (nSPS) is 11.4. The molecule has 0 aliphatic heterocycles. The van der Waals surface area contributed by atoms with Crippen molar-refractivity contribution in [1.82, 2.24) is 30.7 Å². The summed E-state index contributed by atoms with van der Waals surface area (Å²) in [5.41, 5.74) is 8.93. The average molecular weight is 385 g/mol. The van der Waals surface area contributed by atoms with E-state index in [1.54, 1.807) is 12.4 Å². The molecule has 0 unspecified atom stereocenters. The molecular weight excluding hydrogens is 366 g/mol. The summed E-state index contributed by atoms with van der Waals surface area (Å²) in [5, 5.41) is 20.0. The molecule has 27 heavy (non-hydrogen) atoms. The van der Waals surface area contributed by atoms with E-state index in [0.29, 0.717) is 15.7 Å². The summed E-state index contributed by atoms with van der Waals surface area (Å²) in [7, 11) is 0. The number of carbonyl (C=O) groups excluding carboxylic acids is 1. The van der Waals surface area contributed by atoms with E-state index in [-0.39, 0.29) is 12.2 Å². The fraction of sp³-hybridized carbons (Fsp3) is 0.188. The lowest BCUT2D eigenvalue weighted by molar-refractivity contribution is -0.117. The van der Waals surface area contributed by atoms with Crippen LogP contribution in [0.5, 0.6) is 0 Å². The molecule has 0 spiro atoms. The number of hydrogen-bond acceptors (Lipinski definition) is 9. The molecule has 11 heteroatoms. The maximum Gasteiger partial charge on any atom is 0.269 e. The number of H-pyrrole nitrogens is 1. The number of aryl methyl sites for hydroxylation is 2. The quantitative estimate of drug-likeness (QED) is 0.275. The highest BCUT2D eigenvalue weighted by molar-refractivity contribution is 7.14. The molecule has 0 radical (unpaired) electrons. The molecule has 3 aromatic heterocycles. The number of aromatic nitrogens is 5. The molecule has 3 heterocycles. The molecule has 3 aromatic rings. The molecule has 0 saturated heterocycles. The Balaban J connectivity index is 1.61. The fourth-order valence-corrected chi connectivity index (χ4v) is 3.06. The number of nitrogens with zero attached hydrogens (tertiary/aromatic N) is 5. The Morgan fingerprint density at radius 3 is 2.89 bits per heavy atom. The number of hydrazine groups is 1. The number of hydrogen-bond donors (Lipinski definition) is 4. The Hall–Kier alpha value is -3.31. The number of nitrogens with one attached hydrogen (secondary N) is 2. The van der Waals surface area contributed by atoms with E-state index >= 15 is 0 Å². The van der Waals surface area contributed by atoms with Gasteiger partial charge in [0.2, 0.25) is 0 Å². The first-order chi connectivity index (χ1) is 12.9. The molecule has 1 amide bonds. The number of anilines is 1. The predicted molar refractivity (Wildman–Crippen MR) is 102 cm³/mol. The summed E-state index contributed by atoms with van der Waals surface area (Å²) in [4.78, 5) is 16.5. The molecule has 10 nitrogen and oxygen atoms in total. The number of pyridine rings is 1. The van der Waals surface area contributed by atoms with E-state index in [1.165, 1.54) is 22.5 Å². The summed E-state index contributed by atoms with van der Waals surface area (Å²) in [5.74, 6) is 5.52. The number of nitrogens with two attached hydrogens (primary N) is 2. The SMILES string of the molecule is Cc1ccc(N(N)/C=C(\N)C(=O)NCc2nnc(-c3cn[nH]c3)s2)c(C)n1. The third-order valence-corrected chi connectivity index (χ3v) is 4.60. The Kier molecular flexibility index (Phi) is 5.43. The summed E-state index contributed by atoms with van der Waals surface area (Å²) in [6, 6.07) is 3.65. The largest absolute Gasteiger partial charge is 0.393 e. The van der Waals surface area contributed by atoms with E-state index in [9.17, 15) is 4.79 Å². The van der Waals surface area contributed by atoms with Gasteiger partial charge in [0, 0.05) is 11.9 Å². The second-order valence-electron chi connectivity index (χ2n) is 5.72. The van der Waals surface area contributed by atoms with E-state index in [4.69, 9.17) is 11.6 Å². The van der Waals surface area contributed by atoms with Crippen LogP contribution in [0.1, 0.15) is 16.4 Å². The monoisotopic (exact) mass is 385 g/mol. The van der Waals surface area contributed by atoms with Gasteiger partial charge in [-0.3, -0.25) is 19.9 Å². The number of aromatic amines is 1. The minimum Gasteiger partial charge on any atom is -0.393 e. The molecule has 0 bridgehead atoms. The van der Waals surface area contributed by atoms with Gasteiger partial charge in [0.1, 0.15) is 10.7 Å². The molecular formula is C16H19N9OS. The lowest BCUT2D eigenvalue weighted by Crippen LogP contribution is -2.33. The highest BCUT2D eigenvalue weighted by Gasteiger charge is 2.12. The van der Waals surface area contributed by atoms with Crippen molar-refractivity contribution in [1.29, 1.82) is 0 Å². The Labute approximate surface area is 159 Å². The molecule has 0 aliphatic rings. The molecule has 0 aliphatic carbocycles. The molecule has 3 rings (SSSR count). The van der Waals surface area contributed by atoms with E-state index in [0.717, 1.165) is 17.0 Å². The van der Waals surface area contributed by atoms with Gasteiger partial charge in [0.15, 0.2) is 5.01 Å². The molecule has 0 atom stereocenters. The Bertz CT molecular complexity index is 964. The number of carbonyl (C=O) groups is 1. The van der Waals surface area contributed by atoms with Crippen LogP contribution in [0.2, 0.25) is 0 Å². The zero-order valence-electron chi connectivity index (χ0n) is 14.8. The van der Waals surface area contributed by atoms with Crippen molar-refractivity contribution in [3.8, 4) is 10.6 Å². The first kappa shape index (κ1) is 18.5. The van der Waals surface area contributed by atoms with Crippen molar-refractivity contribution in [2.75, 3.05) is 5.01 Å². The number of rotatable bonds is 6. The minimum atomic E-state index is -0.455. The van der Waals surface area contributed by atoms with Crippen molar-refractivity contribution in [2.24, 2.45) is 11.6 Å². The van der Waals surface area contributed by atoms with E-state index < -0.39 is 5.91 Å². The van der Waals surface area contributed by atoms with Crippen molar-refractivity contribution in [3.63, 3.8) is 0 Å². The molecule has 0 aromatic carbocycles. The lowest BCUT2D eigenvalue weighted by atomic mass is 10.2. The third kappa shape index (κ3) is 4.46. The Morgan fingerprint density at radius 2 is 2.19 bits per heavy atom. The van der Waals surface area contributed by atoms with Crippen molar-refractivity contribution < 1.29 is 4.79 Å². The first-order valence-electron chi connectivity index (χ1n) is 7.99. The number of amides is 1. The van der Waals surface area contributed by atoms with Crippen molar-refractivity contribution >= 4 is 22.9 Å². The van der Waals surface area contributed by atoms with Gasteiger partial charge in [-0.2, -0.15) is 5.10 Å². The molecule has 0 fully saturated rings. The summed E-state index contributed by atoms with van der Waals surface area (Å²) in [6.45, 7) is 3.93. The maximum atomic E-state index is 12.2. The first-order valence-corrected chi connectivity index (χ1v) is 8.81. The minimum absolute atomic E-state index is 0.0305. The van der Waals surface area contributed by atoms with Crippen LogP contribution in [0.25, 0.3) is 10.6 Å². The summed E-state index contributed by atoms with van der Waals surface area (Å²) >= 11 is 1.36. The van der Waals surface area contributed by atoms with Crippen molar-refractivity contribution in [2.45, 2.75) is 20.4 Å². The van der Waals surface area contributed by atoms with Gasteiger partial charge >= 0.3 is 0 Å². The second-order valence-corrected chi connectivity index (χ2v) is 6.78. The average Bonchev–Trinajstić information content (AvgIpc) is 3.30. The predicted octanol–water partition coefficient (Wildman–Crippen LogP) is 0.737. The van der Waals surface area contributed by atoms with Crippen molar-refractivity contribution in [3.05, 3.63) is 52.8 Å².